The Balaban J connectivity index is 2.62. The predicted molar refractivity (Wildman–Crippen MR) is 87.8 cm³/mol. The standard InChI is InChI=1S/C17H21NO7/c1-10(2)16(22)24-6-7-25-17(23)13(18-11(3)19)8-12-4-5-14(20)15(21)9-12/h4-5,9,13,20-21H,1,6-8H2,2-3H3,(H,18,19). The van der Waals surface area contributed by atoms with Crippen LogP contribution in [-0.4, -0.2) is 47.3 Å². The van der Waals surface area contributed by atoms with Gasteiger partial charge in [-0.25, -0.2) is 9.59 Å². The number of hydrogen-bond acceptors (Lipinski definition) is 7. The molecule has 0 heterocycles. The van der Waals surface area contributed by atoms with Crippen LogP contribution in [0.1, 0.15) is 19.4 Å². The zero-order chi connectivity index (χ0) is 19.0. The summed E-state index contributed by atoms with van der Waals surface area (Å²) in [5, 5.41) is 21.2. The molecule has 0 fully saturated rings. The molecule has 8 nitrogen and oxygen atoms in total. The minimum absolute atomic E-state index is 0.0534. The van der Waals surface area contributed by atoms with Crippen LogP contribution in [0.4, 0.5) is 0 Å². The molecule has 1 aromatic carbocycles. The van der Waals surface area contributed by atoms with E-state index in [1.807, 2.05) is 0 Å². The SMILES string of the molecule is C=C(C)C(=O)OCCOC(=O)C(Cc1ccc(O)c(O)c1)NC(C)=O. The molecule has 3 N–H and O–H groups in total. The molecule has 1 rings (SSSR count). The molecule has 0 saturated carbocycles. The lowest BCUT2D eigenvalue weighted by atomic mass is 10.1. The smallest absolute Gasteiger partial charge is 0.333 e. The normalized spacial score (nSPS) is 11.3. The second kappa shape index (κ2) is 9.31. The Morgan fingerprint density at radius 1 is 1.12 bits per heavy atom. The minimum atomic E-state index is -0.988. The van der Waals surface area contributed by atoms with Crippen molar-refractivity contribution in [3.8, 4) is 11.5 Å². The molecule has 0 aliphatic heterocycles. The van der Waals surface area contributed by atoms with Crippen LogP contribution >= 0.6 is 0 Å². The molecule has 136 valence electrons. The van der Waals surface area contributed by atoms with Crippen LogP contribution in [0.25, 0.3) is 0 Å². The number of aromatic hydroxyl groups is 2. The number of carbonyl (C=O) groups excluding carboxylic acids is 3. The molecule has 1 amide bonds. The average molecular weight is 351 g/mol. The summed E-state index contributed by atoms with van der Waals surface area (Å²) in [7, 11) is 0. The summed E-state index contributed by atoms with van der Waals surface area (Å²) < 4.78 is 9.79. The van der Waals surface area contributed by atoms with Crippen molar-refractivity contribution in [3.63, 3.8) is 0 Å². The molecule has 0 radical (unpaired) electrons. The quantitative estimate of drug-likeness (QED) is 0.274. The molecule has 0 saturated heterocycles. The minimum Gasteiger partial charge on any atom is -0.504 e. The van der Waals surface area contributed by atoms with Crippen LogP contribution < -0.4 is 5.32 Å². The Bertz CT molecular complexity index is 669. The fourth-order valence-corrected chi connectivity index (χ4v) is 1.87. The molecule has 0 bridgehead atoms. The first-order chi connectivity index (χ1) is 11.7. The molecule has 1 atom stereocenters. The van der Waals surface area contributed by atoms with E-state index < -0.39 is 23.9 Å². The van der Waals surface area contributed by atoms with E-state index in [1.54, 1.807) is 0 Å². The molecule has 0 aromatic heterocycles. The number of phenolic OH excluding ortho intramolecular Hbond substituents is 2. The summed E-state index contributed by atoms with van der Waals surface area (Å²) in [5.41, 5.74) is 0.745. The van der Waals surface area contributed by atoms with Crippen molar-refractivity contribution in [2.45, 2.75) is 26.3 Å². The van der Waals surface area contributed by atoms with E-state index in [9.17, 15) is 24.6 Å². The van der Waals surface area contributed by atoms with E-state index >= 15 is 0 Å². The van der Waals surface area contributed by atoms with Gasteiger partial charge in [-0.3, -0.25) is 4.79 Å². The third-order valence-electron chi connectivity index (χ3n) is 3.05. The van der Waals surface area contributed by atoms with Crippen molar-refractivity contribution in [3.05, 3.63) is 35.9 Å². The van der Waals surface area contributed by atoms with E-state index in [0.29, 0.717) is 5.56 Å². The van der Waals surface area contributed by atoms with Gasteiger partial charge in [0.2, 0.25) is 5.91 Å². The van der Waals surface area contributed by atoms with Crippen molar-refractivity contribution in [1.29, 1.82) is 0 Å². The molecular weight excluding hydrogens is 330 g/mol. The monoisotopic (exact) mass is 351 g/mol. The van der Waals surface area contributed by atoms with E-state index in [1.165, 1.54) is 32.0 Å². The van der Waals surface area contributed by atoms with Gasteiger partial charge in [-0.2, -0.15) is 0 Å². The lowest BCUT2D eigenvalue weighted by molar-refractivity contribution is -0.152. The number of carbonyl (C=O) groups is 3. The molecule has 8 heteroatoms. The Hall–Kier alpha value is -3.03. The maximum atomic E-state index is 12.1. The number of ether oxygens (including phenoxy) is 2. The van der Waals surface area contributed by atoms with Gasteiger partial charge >= 0.3 is 11.9 Å². The first-order valence-electron chi connectivity index (χ1n) is 7.48. The lowest BCUT2D eigenvalue weighted by Gasteiger charge is -2.17. The molecular formula is C17H21NO7. The van der Waals surface area contributed by atoms with Crippen LogP contribution in [0.2, 0.25) is 0 Å². The number of phenols is 2. The summed E-state index contributed by atoms with van der Waals surface area (Å²) in [5.74, 6) is -2.36. The number of hydrogen-bond donors (Lipinski definition) is 3. The summed E-state index contributed by atoms with van der Waals surface area (Å²) in [4.78, 5) is 34.6. The highest BCUT2D eigenvalue weighted by Gasteiger charge is 2.22. The number of benzene rings is 1. The van der Waals surface area contributed by atoms with E-state index in [2.05, 4.69) is 11.9 Å². The molecule has 1 aromatic rings. The largest absolute Gasteiger partial charge is 0.504 e. The first-order valence-corrected chi connectivity index (χ1v) is 7.48. The molecule has 0 aliphatic rings. The van der Waals surface area contributed by atoms with Crippen LogP contribution in [0, 0.1) is 0 Å². The number of amides is 1. The van der Waals surface area contributed by atoms with Gasteiger partial charge in [0.1, 0.15) is 19.3 Å². The number of esters is 2. The number of nitrogens with one attached hydrogen (secondary N) is 1. The fraction of sp³-hybridized carbons (Fsp3) is 0.353. The number of rotatable bonds is 8. The maximum absolute atomic E-state index is 12.1. The lowest BCUT2D eigenvalue weighted by Crippen LogP contribution is -2.42. The predicted octanol–water partition coefficient (Wildman–Crippen LogP) is 0.808. The van der Waals surface area contributed by atoms with Gasteiger partial charge in [-0.15, -0.1) is 0 Å². The van der Waals surface area contributed by atoms with Gasteiger partial charge in [-0.1, -0.05) is 12.6 Å². The summed E-state index contributed by atoms with van der Waals surface area (Å²) in [6.07, 6.45) is 0.0534. The van der Waals surface area contributed by atoms with E-state index in [-0.39, 0.29) is 36.7 Å². The highest BCUT2D eigenvalue weighted by Crippen LogP contribution is 2.25. The van der Waals surface area contributed by atoms with Crippen molar-refractivity contribution in [2.24, 2.45) is 0 Å². The van der Waals surface area contributed by atoms with E-state index in [0.717, 1.165) is 0 Å². The summed E-state index contributed by atoms with van der Waals surface area (Å²) in [6, 6.07) is 3.08. The first kappa shape index (κ1) is 20.0. The molecule has 0 spiro atoms. The van der Waals surface area contributed by atoms with Gasteiger partial charge in [0.15, 0.2) is 11.5 Å². The summed E-state index contributed by atoms with van der Waals surface area (Å²) in [6.45, 7) is 5.86. The van der Waals surface area contributed by atoms with Crippen LogP contribution in [0.15, 0.2) is 30.4 Å². The van der Waals surface area contributed by atoms with Gasteiger partial charge in [0.25, 0.3) is 0 Å². The molecule has 1 unspecified atom stereocenters. The molecule has 25 heavy (non-hydrogen) atoms. The Morgan fingerprint density at radius 2 is 1.76 bits per heavy atom. The van der Waals surface area contributed by atoms with E-state index in [4.69, 9.17) is 9.47 Å². The second-order valence-electron chi connectivity index (χ2n) is 5.36. The topological polar surface area (TPSA) is 122 Å². The van der Waals surface area contributed by atoms with Crippen molar-refractivity contribution >= 4 is 17.8 Å². The van der Waals surface area contributed by atoms with Crippen molar-refractivity contribution in [2.75, 3.05) is 13.2 Å². The average Bonchev–Trinajstić information content (AvgIpc) is 2.53. The Labute approximate surface area is 145 Å². The van der Waals surface area contributed by atoms with Crippen LogP contribution in [0.5, 0.6) is 11.5 Å². The highest BCUT2D eigenvalue weighted by atomic mass is 16.6. The van der Waals surface area contributed by atoms with Gasteiger partial charge in [-0.05, 0) is 24.6 Å². The Morgan fingerprint density at radius 3 is 2.32 bits per heavy atom. The van der Waals surface area contributed by atoms with Crippen LogP contribution in [0.3, 0.4) is 0 Å². The Kier molecular flexibility index (Phi) is 7.45. The van der Waals surface area contributed by atoms with Crippen molar-refractivity contribution in [1.82, 2.24) is 5.32 Å². The van der Waals surface area contributed by atoms with Gasteiger partial charge < -0.3 is 25.0 Å². The molecule has 0 aliphatic carbocycles. The summed E-state index contributed by atoms with van der Waals surface area (Å²) >= 11 is 0. The van der Waals surface area contributed by atoms with Crippen LogP contribution in [-0.2, 0) is 30.3 Å². The van der Waals surface area contributed by atoms with Gasteiger partial charge in [0.05, 0.1) is 0 Å². The van der Waals surface area contributed by atoms with Gasteiger partial charge in [0, 0.05) is 18.9 Å². The third kappa shape index (κ3) is 6.94. The third-order valence-corrected chi connectivity index (χ3v) is 3.05. The fourth-order valence-electron chi connectivity index (χ4n) is 1.87. The highest BCUT2D eigenvalue weighted by molar-refractivity contribution is 5.87. The maximum Gasteiger partial charge on any atom is 0.333 e. The second-order valence-corrected chi connectivity index (χ2v) is 5.36. The zero-order valence-corrected chi connectivity index (χ0v) is 14.1. The van der Waals surface area contributed by atoms with Crippen molar-refractivity contribution < 1.29 is 34.1 Å². The zero-order valence-electron chi connectivity index (χ0n) is 14.1.